The second-order valence-electron chi connectivity index (χ2n) is 1.99. The van der Waals surface area contributed by atoms with E-state index >= 15 is 0 Å². The average molecular weight is 117 g/mol. The van der Waals surface area contributed by atoms with Crippen LogP contribution >= 0.6 is 0 Å². The third-order valence-corrected chi connectivity index (χ3v) is 0.826. The van der Waals surface area contributed by atoms with Crippen molar-refractivity contribution in [1.82, 2.24) is 0 Å². The number of rotatable bonds is 3. The Kier molecular flexibility index (Phi) is 3.44. The molecule has 48 valence electrons. The summed E-state index contributed by atoms with van der Waals surface area (Å²) in [5, 5.41) is 0. The quantitative estimate of drug-likeness (QED) is 0.553. The van der Waals surface area contributed by atoms with Crippen LogP contribution in [0.15, 0.2) is 12.2 Å². The van der Waals surface area contributed by atoms with Crippen molar-refractivity contribution in [2.75, 3.05) is 6.54 Å². The Hall–Kier alpha value is -0.370. The van der Waals surface area contributed by atoms with Crippen LogP contribution in [0, 0.1) is 0 Å². The summed E-state index contributed by atoms with van der Waals surface area (Å²) in [4.78, 5) is 0. The maximum absolute atomic E-state index is 12.2. The van der Waals surface area contributed by atoms with Crippen LogP contribution in [0.2, 0.25) is 0 Å². The van der Waals surface area contributed by atoms with Crippen molar-refractivity contribution in [2.45, 2.75) is 19.5 Å². The Labute approximate surface area is 49.4 Å². The Bertz CT molecular complexity index is 80.6. The lowest BCUT2D eigenvalue weighted by molar-refractivity contribution is 0.340. The molecule has 0 aromatic carbocycles. The van der Waals surface area contributed by atoms with Crippen LogP contribution in [0.4, 0.5) is 4.39 Å². The Morgan fingerprint density at radius 3 is 2.50 bits per heavy atom. The number of halogens is 1. The van der Waals surface area contributed by atoms with E-state index in [0.717, 1.165) is 5.57 Å². The fourth-order valence-electron chi connectivity index (χ4n) is 0.461. The fraction of sp³-hybridized carbons (Fsp3) is 0.667. The molecule has 0 amide bonds. The Balaban J connectivity index is 3.24. The van der Waals surface area contributed by atoms with Crippen molar-refractivity contribution < 1.29 is 4.39 Å². The van der Waals surface area contributed by atoms with E-state index in [4.69, 9.17) is 5.73 Å². The minimum atomic E-state index is -0.896. The molecule has 0 heterocycles. The van der Waals surface area contributed by atoms with E-state index in [2.05, 4.69) is 6.58 Å². The topological polar surface area (TPSA) is 26.0 Å². The molecule has 0 unspecified atom stereocenters. The minimum absolute atomic E-state index is 0.104. The zero-order chi connectivity index (χ0) is 6.57. The molecule has 1 nitrogen and oxygen atoms in total. The van der Waals surface area contributed by atoms with Crippen LogP contribution < -0.4 is 5.73 Å². The molecule has 0 radical (unpaired) electrons. The first-order valence-electron chi connectivity index (χ1n) is 2.65. The van der Waals surface area contributed by atoms with Crippen LogP contribution in [0.1, 0.15) is 13.3 Å². The highest BCUT2D eigenvalue weighted by atomic mass is 19.1. The summed E-state index contributed by atoms with van der Waals surface area (Å²) in [7, 11) is 0. The molecule has 0 aliphatic heterocycles. The number of allylic oxidation sites excluding steroid dienone is 1. The van der Waals surface area contributed by atoms with Crippen molar-refractivity contribution in [3.63, 3.8) is 0 Å². The van der Waals surface area contributed by atoms with Crippen molar-refractivity contribution in [1.29, 1.82) is 0 Å². The van der Waals surface area contributed by atoms with Gasteiger partial charge in [0.05, 0.1) is 0 Å². The molecule has 0 saturated heterocycles. The highest BCUT2D eigenvalue weighted by Crippen LogP contribution is 2.02. The number of hydrogen-bond donors (Lipinski definition) is 1. The molecule has 0 bridgehead atoms. The van der Waals surface area contributed by atoms with E-state index in [1.807, 2.05) is 0 Å². The maximum Gasteiger partial charge on any atom is 0.116 e. The molecule has 0 fully saturated rings. The standard InChI is InChI=1S/C6H12FN/c1-5(2)3-6(7)4-8/h6H,1,3-4,8H2,2H3/t6-/m0/s1. The number of nitrogens with two attached hydrogens (primary N) is 1. The van der Waals surface area contributed by atoms with Crippen LogP contribution in [-0.2, 0) is 0 Å². The van der Waals surface area contributed by atoms with Gasteiger partial charge in [-0.3, -0.25) is 0 Å². The molecule has 2 heteroatoms. The molecule has 0 aliphatic carbocycles. The number of alkyl halides is 1. The summed E-state index contributed by atoms with van der Waals surface area (Å²) in [5.41, 5.74) is 5.85. The second kappa shape index (κ2) is 3.61. The lowest BCUT2D eigenvalue weighted by Gasteiger charge is -2.01. The molecule has 2 N–H and O–H groups in total. The van der Waals surface area contributed by atoms with Gasteiger partial charge in [0.2, 0.25) is 0 Å². The van der Waals surface area contributed by atoms with Crippen molar-refractivity contribution >= 4 is 0 Å². The van der Waals surface area contributed by atoms with Gasteiger partial charge < -0.3 is 5.73 Å². The highest BCUT2D eigenvalue weighted by molar-refractivity contribution is 4.90. The smallest absolute Gasteiger partial charge is 0.116 e. The summed E-state index contributed by atoms with van der Waals surface area (Å²) < 4.78 is 12.2. The van der Waals surface area contributed by atoms with Gasteiger partial charge in [0.1, 0.15) is 6.17 Å². The highest BCUT2D eigenvalue weighted by Gasteiger charge is 2.00. The first-order chi connectivity index (χ1) is 3.66. The van der Waals surface area contributed by atoms with Crippen molar-refractivity contribution in [3.8, 4) is 0 Å². The van der Waals surface area contributed by atoms with Crippen LogP contribution in [0.5, 0.6) is 0 Å². The normalized spacial score (nSPS) is 13.4. The van der Waals surface area contributed by atoms with E-state index in [9.17, 15) is 4.39 Å². The largest absolute Gasteiger partial charge is 0.328 e. The lowest BCUT2D eigenvalue weighted by Crippen LogP contribution is -2.14. The Morgan fingerprint density at radius 2 is 2.38 bits per heavy atom. The second-order valence-corrected chi connectivity index (χ2v) is 1.99. The van der Waals surface area contributed by atoms with Crippen LogP contribution in [0.25, 0.3) is 0 Å². The first kappa shape index (κ1) is 7.63. The molecule has 0 aromatic heterocycles. The van der Waals surface area contributed by atoms with Crippen molar-refractivity contribution in [2.24, 2.45) is 5.73 Å². The van der Waals surface area contributed by atoms with Gasteiger partial charge in [0, 0.05) is 13.0 Å². The average Bonchev–Trinajstić information content (AvgIpc) is 1.65. The van der Waals surface area contributed by atoms with Crippen molar-refractivity contribution in [3.05, 3.63) is 12.2 Å². The fourth-order valence-corrected chi connectivity index (χ4v) is 0.461. The molecule has 0 aromatic rings. The molecule has 0 aliphatic rings. The molecule has 1 atom stereocenters. The van der Waals surface area contributed by atoms with Gasteiger partial charge in [0.15, 0.2) is 0 Å². The number of hydrogen-bond acceptors (Lipinski definition) is 1. The van der Waals surface area contributed by atoms with Gasteiger partial charge in [0.25, 0.3) is 0 Å². The minimum Gasteiger partial charge on any atom is -0.328 e. The van der Waals surface area contributed by atoms with Gasteiger partial charge in [-0.2, -0.15) is 0 Å². The van der Waals surface area contributed by atoms with Gasteiger partial charge in [-0.05, 0) is 6.92 Å². The molecular weight excluding hydrogens is 105 g/mol. The monoisotopic (exact) mass is 117 g/mol. The van der Waals surface area contributed by atoms with Crippen LogP contribution in [-0.4, -0.2) is 12.7 Å². The third-order valence-electron chi connectivity index (χ3n) is 0.826. The predicted molar refractivity (Wildman–Crippen MR) is 33.4 cm³/mol. The predicted octanol–water partition coefficient (Wildman–Crippen LogP) is 1.25. The maximum atomic E-state index is 12.2. The zero-order valence-electron chi connectivity index (χ0n) is 5.15. The summed E-state index contributed by atoms with van der Waals surface area (Å²) in [6.07, 6.45) is -0.497. The molecule has 0 spiro atoms. The van der Waals surface area contributed by atoms with Crippen LogP contribution in [0.3, 0.4) is 0 Å². The summed E-state index contributed by atoms with van der Waals surface area (Å²) >= 11 is 0. The SMILES string of the molecule is C=C(C)C[C@H](F)CN. The lowest BCUT2D eigenvalue weighted by atomic mass is 10.2. The molecule has 8 heavy (non-hydrogen) atoms. The first-order valence-corrected chi connectivity index (χ1v) is 2.65. The van der Waals surface area contributed by atoms with E-state index in [1.54, 1.807) is 6.92 Å². The molecule has 0 rings (SSSR count). The van der Waals surface area contributed by atoms with E-state index in [-0.39, 0.29) is 6.54 Å². The summed E-state index contributed by atoms with van der Waals surface area (Å²) in [6.45, 7) is 5.45. The summed E-state index contributed by atoms with van der Waals surface area (Å²) in [6, 6.07) is 0. The van der Waals surface area contributed by atoms with Gasteiger partial charge >= 0.3 is 0 Å². The molecular formula is C6H12FN. The Morgan fingerprint density at radius 1 is 1.88 bits per heavy atom. The van der Waals surface area contributed by atoms with E-state index in [1.165, 1.54) is 0 Å². The van der Waals surface area contributed by atoms with Gasteiger partial charge in [-0.25, -0.2) is 4.39 Å². The summed E-state index contributed by atoms with van der Waals surface area (Å²) in [5.74, 6) is 0. The van der Waals surface area contributed by atoms with E-state index < -0.39 is 6.17 Å². The third kappa shape index (κ3) is 3.81. The van der Waals surface area contributed by atoms with E-state index in [0.29, 0.717) is 6.42 Å². The molecule has 0 saturated carbocycles. The van der Waals surface area contributed by atoms with Gasteiger partial charge in [-0.1, -0.05) is 5.57 Å². The zero-order valence-corrected chi connectivity index (χ0v) is 5.15. The van der Waals surface area contributed by atoms with Gasteiger partial charge in [-0.15, -0.1) is 6.58 Å².